The maximum Gasteiger partial charge on any atom is 0.210 e. The lowest BCUT2D eigenvalue weighted by atomic mass is 10.3. The fraction of sp³-hybridized carbons (Fsp3) is 0.462. The van der Waals surface area contributed by atoms with Crippen LogP contribution in [0.25, 0.3) is 11.1 Å². The van der Waals surface area contributed by atoms with Gasteiger partial charge in [0.15, 0.2) is 15.4 Å². The van der Waals surface area contributed by atoms with Crippen molar-refractivity contribution in [3.05, 3.63) is 24.1 Å². The lowest BCUT2D eigenvalue weighted by molar-refractivity contribution is 0.539. The molecule has 0 aliphatic heterocycles. The zero-order valence-corrected chi connectivity index (χ0v) is 11.7. The predicted molar refractivity (Wildman–Crippen MR) is 75.4 cm³/mol. The Morgan fingerprint density at radius 2 is 2.11 bits per heavy atom. The van der Waals surface area contributed by atoms with Gasteiger partial charge in [0.1, 0.15) is 11.3 Å². The molecule has 0 atom stereocenters. The molecule has 0 spiro atoms. The van der Waals surface area contributed by atoms with E-state index < -0.39 is 9.84 Å². The van der Waals surface area contributed by atoms with Crippen molar-refractivity contribution >= 4 is 26.6 Å². The van der Waals surface area contributed by atoms with E-state index in [-0.39, 0.29) is 17.4 Å². The number of unbranched alkanes of at least 4 members (excludes halogenated alkanes) is 2. The molecule has 0 unspecified atom stereocenters. The topological polar surface area (TPSA) is 86.2 Å². The molecule has 0 aliphatic carbocycles. The van der Waals surface area contributed by atoms with Crippen LogP contribution in [0.5, 0.6) is 0 Å². The van der Waals surface area contributed by atoms with Gasteiger partial charge in [0.05, 0.1) is 5.75 Å². The van der Waals surface area contributed by atoms with Crippen LogP contribution in [0.2, 0.25) is 0 Å². The molecule has 1 aromatic carbocycles. The second-order valence-corrected chi connectivity index (χ2v) is 6.82. The van der Waals surface area contributed by atoms with Crippen molar-refractivity contribution in [2.75, 3.05) is 11.5 Å². The summed E-state index contributed by atoms with van der Waals surface area (Å²) in [5.74, 6) is 0.268. The summed E-state index contributed by atoms with van der Waals surface area (Å²) in [5, 5.41) is 0. The minimum atomic E-state index is -3.15. The van der Waals surface area contributed by atoms with E-state index in [1.165, 1.54) is 0 Å². The number of hydrogen-bond donors (Lipinski definition) is 1. The summed E-state index contributed by atoms with van der Waals surface area (Å²) in [4.78, 5) is 4.16. The molecule has 0 radical (unpaired) electrons. The highest BCUT2D eigenvalue weighted by atomic mass is 32.2. The number of rotatable bonds is 6. The van der Waals surface area contributed by atoms with Gasteiger partial charge in [-0.05, 0) is 24.6 Å². The van der Waals surface area contributed by atoms with Crippen LogP contribution in [-0.2, 0) is 15.6 Å². The Balaban J connectivity index is 2.12. The zero-order valence-electron chi connectivity index (χ0n) is 10.9. The van der Waals surface area contributed by atoms with Gasteiger partial charge in [0, 0.05) is 5.69 Å². The van der Waals surface area contributed by atoms with Gasteiger partial charge in [-0.2, -0.15) is 0 Å². The number of hydrogen-bond acceptors (Lipinski definition) is 5. The fourth-order valence-corrected chi connectivity index (χ4v) is 3.17. The van der Waals surface area contributed by atoms with Gasteiger partial charge in [-0.1, -0.05) is 19.8 Å². The summed E-state index contributed by atoms with van der Waals surface area (Å²) in [6.45, 7) is 2.04. The second kappa shape index (κ2) is 5.61. The first-order chi connectivity index (χ1) is 9.00. The van der Waals surface area contributed by atoms with Crippen molar-refractivity contribution in [3.63, 3.8) is 0 Å². The number of anilines is 1. The number of nitrogens with zero attached hydrogens (tertiary/aromatic N) is 1. The predicted octanol–water partition coefficient (Wildman–Crippen LogP) is 2.52. The van der Waals surface area contributed by atoms with Gasteiger partial charge >= 0.3 is 0 Å². The van der Waals surface area contributed by atoms with Gasteiger partial charge in [0.25, 0.3) is 0 Å². The average molecular weight is 282 g/mol. The largest absolute Gasteiger partial charge is 0.440 e. The molecule has 0 aliphatic rings. The van der Waals surface area contributed by atoms with Crippen LogP contribution < -0.4 is 5.73 Å². The zero-order chi connectivity index (χ0) is 13.9. The van der Waals surface area contributed by atoms with E-state index in [0.717, 1.165) is 12.8 Å². The van der Waals surface area contributed by atoms with Crippen molar-refractivity contribution in [1.82, 2.24) is 4.98 Å². The second-order valence-electron chi connectivity index (χ2n) is 4.63. The van der Waals surface area contributed by atoms with Crippen molar-refractivity contribution in [2.45, 2.75) is 31.9 Å². The van der Waals surface area contributed by atoms with Crippen LogP contribution in [0.15, 0.2) is 22.6 Å². The number of nitrogen functional groups attached to an aromatic ring is 1. The number of aromatic nitrogens is 1. The smallest absolute Gasteiger partial charge is 0.210 e. The van der Waals surface area contributed by atoms with E-state index in [1.54, 1.807) is 18.2 Å². The maximum atomic E-state index is 11.9. The number of sulfone groups is 1. The van der Waals surface area contributed by atoms with Crippen LogP contribution in [0, 0.1) is 0 Å². The summed E-state index contributed by atoms with van der Waals surface area (Å²) in [5.41, 5.74) is 7.38. The molecule has 0 bridgehead atoms. The summed E-state index contributed by atoms with van der Waals surface area (Å²) in [6.07, 6.45) is 2.60. The molecule has 0 fully saturated rings. The quantitative estimate of drug-likeness (QED) is 0.650. The molecule has 6 heteroatoms. The van der Waals surface area contributed by atoms with E-state index in [4.69, 9.17) is 10.2 Å². The van der Waals surface area contributed by atoms with Crippen LogP contribution in [0.4, 0.5) is 5.69 Å². The molecule has 0 saturated heterocycles. The number of benzene rings is 1. The molecule has 19 heavy (non-hydrogen) atoms. The van der Waals surface area contributed by atoms with E-state index in [1.807, 2.05) is 6.92 Å². The van der Waals surface area contributed by atoms with E-state index >= 15 is 0 Å². The van der Waals surface area contributed by atoms with Gasteiger partial charge in [-0.15, -0.1) is 0 Å². The molecule has 2 rings (SSSR count). The highest BCUT2D eigenvalue weighted by molar-refractivity contribution is 7.90. The van der Waals surface area contributed by atoms with Crippen LogP contribution in [-0.4, -0.2) is 19.2 Å². The highest BCUT2D eigenvalue weighted by Crippen LogP contribution is 2.19. The molecular weight excluding hydrogens is 264 g/mol. The Kier molecular flexibility index (Phi) is 4.09. The Labute approximate surface area is 112 Å². The molecule has 104 valence electrons. The maximum absolute atomic E-state index is 11.9. The summed E-state index contributed by atoms with van der Waals surface area (Å²) < 4.78 is 29.2. The van der Waals surface area contributed by atoms with Gasteiger partial charge in [-0.3, -0.25) is 0 Å². The minimum Gasteiger partial charge on any atom is -0.440 e. The Bertz CT molecular complexity index is 662. The summed E-state index contributed by atoms with van der Waals surface area (Å²) in [6, 6.07) is 5.07. The molecule has 0 saturated carbocycles. The van der Waals surface area contributed by atoms with Gasteiger partial charge in [-0.25, -0.2) is 13.4 Å². The molecule has 1 heterocycles. The van der Waals surface area contributed by atoms with E-state index in [0.29, 0.717) is 23.2 Å². The highest BCUT2D eigenvalue weighted by Gasteiger charge is 2.16. The Morgan fingerprint density at radius 1 is 1.32 bits per heavy atom. The van der Waals surface area contributed by atoms with Gasteiger partial charge < -0.3 is 10.2 Å². The molecule has 2 N–H and O–H groups in total. The third-order valence-electron chi connectivity index (χ3n) is 2.86. The van der Waals surface area contributed by atoms with Crippen LogP contribution in [0.3, 0.4) is 0 Å². The lowest BCUT2D eigenvalue weighted by Gasteiger charge is -2.00. The van der Waals surface area contributed by atoms with Crippen LogP contribution >= 0.6 is 0 Å². The summed E-state index contributed by atoms with van der Waals surface area (Å²) >= 11 is 0. The van der Waals surface area contributed by atoms with Crippen molar-refractivity contribution in [1.29, 1.82) is 0 Å². The van der Waals surface area contributed by atoms with Crippen molar-refractivity contribution < 1.29 is 12.8 Å². The molecular formula is C13H18N2O3S. The minimum absolute atomic E-state index is 0.148. The third kappa shape index (κ3) is 3.70. The molecule has 1 aromatic heterocycles. The fourth-order valence-electron chi connectivity index (χ4n) is 1.89. The summed E-state index contributed by atoms with van der Waals surface area (Å²) in [7, 11) is -3.15. The molecule has 2 aromatic rings. The van der Waals surface area contributed by atoms with Crippen molar-refractivity contribution in [2.24, 2.45) is 0 Å². The Hall–Kier alpha value is -1.56. The van der Waals surface area contributed by atoms with E-state index in [9.17, 15) is 8.42 Å². The number of fused-ring (bicyclic) bond motifs is 1. The standard InChI is InChI=1S/C13H18N2O3S/c1-2-3-4-7-19(16,17)9-13-15-11-8-10(14)5-6-12(11)18-13/h5-6,8H,2-4,7,9,14H2,1H3. The first-order valence-electron chi connectivity index (χ1n) is 6.35. The molecule has 5 nitrogen and oxygen atoms in total. The van der Waals surface area contributed by atoms with Gasteiger partial charge in [0.2, 0.25) is 5.89 Å². The third-order valence-corrected chi connectivity index (χ3v) is 4.46. The first-order valence-corrected chi connectivity index (χ1v) is 8.17. The van der Waals surface area contributed by atoms with E-state index in [2.05, 4.69) is 4.98 Å². The number of nitrogens with two attached hydrogens (primary N) is 1. The lowest BCUT2D eigenvalue weighted by Crippen LogP contribution is -2.09. The SMILES string of the molecule is CCCCCS(=O)(=O)Cc1nc2cc(N)ccc2o1. The Morgan fingerprint density at radius 3 is 2.84 bits per heavy atom. The monoisotopic (exact) mass is 282 g/mol. The number of oxazole rings is 1. The van der Waals surface area contributed by atoms with Crippen molar-refractivity contribution in [3.8, 4) is 0 Å². The molecule has 0 amide bonds. The average Bonchev–Trinajstić information content (AvgIpc) is 2.69. The van der Waals surface area contributed by atoms with Crippen LogP contribution in [0.1, 0.15) is 32.1 Å². The normalized spacial score (nSPS) is 12.1. The first kappa shape index (κ1) is 13.9.